The number of aryl methyl sites for hydroxylation is 1. The fraction of sp³-hybridized carbons (Fsp3) is 0.545. The van der Waals surface area contributed by atoms with Gasteiger partial charge >= 0.3 is 0 Å². The number of nitrogens with zero attached hydrogens (tertiary/aromatic N) is 3. The molecule has 1 saturated carbocycles. The first-order chi connectivity index (χ1) is 7.06. The van der Waals surface area contributed by atoms with E-state index >= 15 is 0 Å². The number of aromatic nitrogens is 2. The second-order valence-electron chi connectivity index (χ2n) is 4.43. The molecule has 1 N–H and O–H groups in total. The number of nitrogens with one attached hydrogen (secondary N) is 1. The zero-order valence-corrected chi connectivity index (χ0v) is 9.26. The Bertz CT molecular complexity index is 441. The van der Waals surface area contributed by atoms with Gasteiger partial charge in [0.15, 0.2) is 5.82 Å². The fourth-order valence-electron chi connectivity index (χ4n) is 1.43. The number of nitriles is 1. The molecule has 78 valence electrons. The first-order valence-electron chi connectivity index (χ1n) is 5.08. The summed E-state index contributed by atoms with van der Waals surface area (Å²) in [5, 5.41) is 20.5. The third kappa shape index (κ3) is 1.78. The minimum Gasteiger partial charge on any atom is -0.362 e. The molecule has 4 heteroatoms. The molecule has 1 fully saturated rings. The first kappa shape index (κ1) is 9.91. The molecule has 0 bridgehead atoms. The van der Waals surface area contributed by atoms with Gasteiger partial charge in [0, 0.05) is 5.54 Å². The molecule has 1 aromatic heterocycles. The maximum atomic E-state index is 9.08. The van der Waals surface area contributed by atoms with Crippen molar-refractivity contribution in [1.29, 1.82) is 5.26 Å². The van der Waals surface area contributed by atoms with Crippen LogP contribution < -0.4 is 5.32 Å². The highest BCUT2D eigenvalue weighted by Crippen LogP contribution is 2.38. The van der Waals surface area contributed by atoms with Gasteiger partial charge < -0.3 is 5.32 Å². The van der Waals surface area contributed by atoms with E-state index < -0.39 is 0 Å². The van der Waals surface area contributed by atoms with E-state index in [1.807, 2.05) is 13.8 Å². The van der Waals surface area contributed by atoms with Crippen molar-refractivity contribution in [3.63, 3.8) is 0 Å². The highest BCUT2D eigenvalue weighted by Gasteiger charge is 2.38. The van der Waals surface area contributed by atoms with E-state index in [1.54, 1.807) is 0 Å². The van der Waals surface area contributed by atoms with E-state index in [4.69, 9.17) is 5.26 Å². The van der Waals surface area contributed by atoms with E-state index in [1.165, 1.54) is 0 Å². The van der Waals surface area contributed by atoms with Crippen LogP contribution in [0.5, 0.6) is 0 Å². The maximum Gasteiger partial charge on any atom is 0.167 e. The largest absolute Gasteiger partial charge is 0.362 e. The summed E-state index contributed by atoms with van der Waals surface area (Å²) in [5.74, 6) is 0.626. The van der Waals surface area contributed by atoms with Crippen molar-refractivity contribution in [2.24, 2.45) is 0 Å². The Morgan fingerprint density at radius 2 is 2.00 bits per heavy atom. The van der Waals surface area contributed by atoms with Crippen molar-refractivity contribution in [3.05, 3.63) is 16.8 Å². The quantitative estimate of drug-likeness (QED) is 0.796. The standard InChI is InChI=1S/C11H14N4/c1-7-8(2)14-15-10(9(7)6-12)13-11(3)4-5-11/h4-5H2,1-3H3,(H,13,15). The maximum absolute atomic E-state index is 9.08. The van der Waals surface area contributed by atoms with Crippen molar-refractivity contribution in [3.8, 4) is 6.07 Å². The summed E-state index contributed by atoms with van der Waals surface area (Å²) in [6, 6.07) is 2.19. The summed E-state index contributed by atoms with van der Waals surface area (Å²) < 4.78 is 0. The van der Waals surface area contributed by atoms with Crippen LogP contribution in [0.1, 0.15) is 36.6 Å². The molecule has 1 aliphatic carbocycles. The Kier molecular flexibility index (Phi) is 2.11. The molecule has 0 unspecified atom stereocenters. The number of hydrogen-bond donors (Lipinski definition) is 1. The molecule has 4 nitrogen and oxygen atoms in total. The van der Waals surface area contributed by atoms with E-state index in [9.17, 15) is 0 Å². The first-order valence-corrected chi connectivity index (χ1v) is 5.08. The van der Waals surface area contributed by atoms with E-state index in [0.29, 0.717) is 11.4 Å². The van der Waals surface area contributed by atoms with Gasteiger partial charge in [-0.1, -0.05) is 0 Å². The van der Waals surface area contributed by atoms with Crippen molar-refractivity contribution in [2.45, 2.75) is 39.2 Å². The second kappa shape index (κ2) is 3.20. The molecule has 0 aliphatic heterocycles. The monoisotopic (exact) mass is 202 g/mol. The van der Waals surface area contributed by atoms with Crippen LogP contribution in [0.2, 0.25) is 0 Å². The van der Waals surface area contributed by atoms with Gasteiger partial charge in [-0.2, -0.15) is 10.4 Å². The molecule has 0 spiro atoms. The highest BCUT2D eigenvalue weighted by molar-refractivity contribution is 5.57. The summed E-state index contributed by atoms with van der Waals surface area (Å²) in [6.07, 6.45) is 2.26. The van der Waals surface area contributed by atoms with Crippen LogP contribution in [0, 0.1) is 25.2 Å². The Hall–Kier alpha value is -1.63. The van der Waals surface area contributed by atoms with E-state index in [2.05, 4.69) is 28.5 Å². The van der Waals surface area contributed by atoms with Crippen LogP contribution in [-0.2, 0) is 0 Å². The molecule has 0 aromatic carbocycles. The van der Waals surface area contributed by atoms with Crippen LogP contribution in [-0.4, -0.2) is 15.7 Å². The number of anilines is 1. The van der Waals surface area contributed by atoms with Crippen molar-refractivity contribution in [1.82, 2.24) is 10.2 Å². The topological polar surface area (TPSA) is 61.6 Å². The average Bonchev–Trinajstić information content (AvgIpc) is 2.91. The van der Waals surface area contributed by atoms with E-state index in [0.717, 1.165) is 24.1 Å². The van der Waals surface area contributed by atoms with Gasteiger partial charge in [0.25, 0.3) is 0 Å². The minimum absolute atomic E-state index is 0.127. The molecule has 0 saturated heterocycles. The Labute approximate surface area is 89.3 Å². The predicted molar refractivity (Wildman–Crippen MR) is 57.5 cm³/mol. The molecular weight excluding hydrogens is 188 g/mol. The van der Waals surface area contributed by atoms with Gasteiger partial charge in [-0.05, 0) is 39.2 Å². The molecular formula is C11H14N4. The number of rotatable bonds is 2. The van der Waals surface area contributed by atoms with Crippen molar-refractivity contribution >= 4 is 5.82 Å². The van der Waals surface area contributed by atoms with Crippen molar-refractivity contribution < 1.29 is 0 Å². The molecule has 1 aliphatic rings. The van der Waals surface area contributed by atoms with Crippen LogP contribution in [0.4, 0.5) is 5.82 Å². The number of hydrogen-bond acceptors (Lipinski definition) is 4. The van der Waals surface area contributed by atoms with Crippen molar-refractivity contribution in [2.75, 3.05) is 5.32 Å². The third-order valence-electron chi connectivity index (χ3n) is 2.99. The van der Waals surface area contributed by atoms with Gasteiger partial charge in [-0.25, -0.2) is 0 Å². The minimum atomic E-state index is 0.127. The summed E-state index contributed by atoms with van der Waals surface area (Å²) in [5.41, 5.74) is 2.48. The molecule has 1 heterocycles. The Morgan fingerprint density at radius 1 is 1.33 bits per heavy atom. The lowest BCUT2D eigenvalue weighted by Gasteiger charge is -2.14. The van der Waals surface area contributed by atoms with Gasteiger partial charge in [0.2, 0.25) is 0 Å². The highest BCUT2D eigenvalue weighted by atomic mass is 15.2. The van der Waals surface area contributed by atoms with Crippen LogP contribution in [0.3, 0.4) is 0 Å². The summed E-state index contributed by atoms with van der Waals surface area (Å²) in [6.45, 7) is 5.90. The Balaban J connectivity index is 2.39. The molecule has 15 heavy (non-hydrogen) atoms. The molecule has 0 atom stereocenters. The summed E-state index contributed by atoms with van der Waals surface area (Å²) >= 11 is 0. The van der Waals surface area contributed by atoms with Crippen LogP contribution in [0.15, 0.2) is 0 Å². The zero-order chi connectivity index (χ0) is 11.1. The SMILES string of the molecule is Cc1nnc(NC2(C)CC2)c(C#N)c1C. The Morgan fingerprint density at radius 3 is 2.53 bits per heavy atom. The summed E-state index contributed by atoms with van der Waals surface area (Å²) in [7, 11) is 0. The lowest BCUT2D eigenvalue weighted by atomic mass is 10.1. The molecule has 0 amide bonds. The second-order valence-corrected chi connectivity index (χ2v) is 4.43. The average molecular weight is 202 g/mol. The smallest absolute Gasteiger partial charge is 0.167 e. The van der Waals surface area contributed by atoms with Gasteiger partial charge in [0.1, 0.15) is 11.6 Å². The van der Waals surface area contributed by atoms with Gasteiger partial charge in [-0.15, -0.1) is 5.10 Å². The van der Waals surface area contributed by atoms with Gasteiger partial charge in [0.05, 0.1) is 5.69 Å². The molecule has 1 aromatic rings. The fourth-order valence-corrected chi connectivity index (χ4v) is 1.43. The van der Waals surface area contributed by atoms with E-state index in [-0.39, 0.29) is 5.54 Å². The van der Waals surface area contributed by atoms with Gasteiger partial charge in [-0.3, -0.25) is 0 Å². The van der Waals surface area contributed by atoms with Crippen LogP contribution in [0.25, 0.3) is 0 Å². The normalized spacial score (nSPS) is 16.9. The predicted octanol–water partition coefficient (Wildman–Crippen LogP) is 1.93. The summed E-state index contributed by atoms with van der Waals surface area (Å²) in [4.78, 5) is 0. The zero-order valence-electron chi connectivity index (χ0n) is 9.26. The lowest BCUT2D eigenvalue weighted by Crippen LogP contribution is -2.19. The molecule has 0 radical (unpaired) electrons. The third-order valence-corrected chi connectivity index (χ3v) is 2.99. The molecule has 2 rings (SSSR count). The lowest BCUT2D eigenvalue weighted by molar-refractivity contribution is 0.805. The van der Waals surface area contributed by atoms with Crippen LogP contribution >= 0.6 is 0 Å².